The van der Waals surface area contributed by atoms with Crippen molar-refractivity contribution in [2.75, 3.05) is 0 Å². The van der Waals surface area contributed by atoms with Crippen molar-refractivity contribution in [1.29, 1.82) is 0 Å². The van der Waals surface area contributed by atoms with Crippen LogP contribution in [-0.4, -0.2) is 25.7 Å². The molecule has 0 unspecified atom stereocenters. The molecule has 1 aromatic rings. The predicted molar refractivity (Wildman–Crippen MR) is 61.8 cm³/mol. The van der Waals surface area contributed by atoms with Gasteiger partial charge in [-0.15, -0.1) is 5.10 Å². The van der Waals surface area contributed by atoms with Crippen molar-refractivity contribution >= 4 is 0 Å². The van der Waals surface area contributed by atoms with Crippen molar-refractivity contribution in [1.82, 2.24) is 25.5 Å². The van der Waals surface area contributed by atoms with Crippen LogP contribution in [0.5, 0.6) is 0 Å². The third kappa shape index (κ3) is 2.58. The minimum absolute atomic E-state index is 0.101. The van der Waals surface area contributed by atoms with E-state index in [4.69, 9.17) is 0 Å². The molecule has 90 valence electrons. The van der Waals surface area contributed by atoms with Gasteiger partial charge in [0, 0.05) is 5.54 Å². The van der Waals surface area contributed by atoms with E-state index in [2.05, 4.69) is 48.5 Å². The summed E-state index contributed by atoms with van der Waals surface area (Å²) in [4.78, 5) is 0. The van der Waals surface area contributed by atoms with Crippen LogP contribution in [0.25, 0.3) is 0 Å². The SMILES string of the molecule is CC1CC(n2nnnc2CNC(C)(C)C)C1. The second-order valence-corrected chi connectivity index (χ2v) is 5.87. The highest BCUT2D eigenvalue weighted by Gasteiger charge is 2.29. The Labute approximate surface area is 96.6 Å². The molecule has 2 rings (SSSR count). The summed E-state index contributed by atoms with van der Waals surface area (Å²) >= 11 is 0. The van der Waals surface area contributed by atoms with Crippen LogP contribution in [0.15, 0.2) is 0 Å². The standard InChI is InChI=1S/C11H21N5/c1-8-5-9(6-8)16-10(13-14-15-16)7-12-11(2,3)4/h8-9,12H,5-7H2,1-4H3. The molecule has 0 bridgehead atoms. The highest BCUT2D eigenvalue weighted by molar-refractivity contribution is 4.90. The third-order valence-corrected chi connectivity index (χ3v) is 3.03. The van der Waals surface area contributed by atoms with E-state index in [1.165, 1.54) is 12.8 Å². The van der Waals surface area contributed by atoms with Gasteiger partial charge in [0.05, 0.1) is 12.6 Å². The lowest BCUT2D eigenvalue weighted by molar-refractivity contribution is 0.191. The lowest BCUT2D eigenvalue weighted by atomic mass is 9.82. The van der Waals surface area contributed by atoms with Crippen molar-refractivity contribution in [2.24, 2.45) is 5.92 Å². The largest absolute Gasteiger partial charge is 0.305 e. The molecule has 0 aromatic carbocycles. The molecule has 1 heterocycles. The average molecular weight is 223 g/mol. The van der Waals surface area contributed by atoms with Gasteiger partial charge in [-0.3, -0.25) is 0 Å². The number of tetrazole rings is 1. The molecule has 1 fully saturated rings. The first kappa shape index (κ1) is 11.5. The molecular weight excluding hydrogens is 202 g/mol. The van der Waals surface area contributed by atoms with E-state index < -0.39 is 0 Å². The molecule has 0 aliphatic heterocycles. The summed E-state index contributed by atoms with van der Waals surface area (Å²) in [6.45, 7) is 9.45. The van der Waals surface area contributed by atoms with E-state index in [1.54, 1.807) is 0 Å². The lowest BCUT2D eigenvalue weighted by Crippen LogP contribution is -2.37. The minimum Gasteiger partial charge on any atom is -0.305 e. The number of rotatable bonds is 3. The van der Waals surface area contributed by atoms with E-state index in [0.717, 1.165) is 18.3 Å². The first-order chi connectivity index (χ1) is 7.46. The topological polar surface area (TPSA) is 55.6 Å². The van der Waals surface area contributed by atoms with Crippen LogP contribution in [0.3, 0.4) is 0 Å². The Morgan fingerprint density at radius 1 is 1.38 bits per heavy atom. The summed E-state index contributed by atoms with van der Waals surface area (Å²) in [7, 11) is 0. The van der Waals surface area contributed by atoms with E-state index in [-0.39, 0.29) is 5.54 Å². The number of hydrogen-bond acceptors (Lipinski definition) is 4. The van der Waals surface area contributed by atoms with Crippen LogP contribution in [0.1, 0.15) is 52.4 Å². The van der Waals surface area contributed by atoms with Crippen LogP contribution in [-0.2, 0) is 6.54 Å². The molecule has 0 amide bonds. The maximum Gasteiger partial charge on any atom is 0.165 e. The Morgan fingerprint density at radius 3 is 2.62 bits per heavy atom. The van der Waals surface area contributed by atoms with Crippen molar-refractivity contribution < 1.29 is 0 Å². The van der Waals surface area contributed by atoms with Crippen molar-refractivity contribution in [3.63, 3.8) is 0 Å². The summed E-state index contributed by atoms with van der Waals surface area (Å²) in [5.74, 6) is 1.77. The maximum absolute atomic E-state index is 4.09. The molecule has 1 N–H and O–H groups in total. The van der Waals surface area contributed by atoms with Gasteiger partial charge in [0.15, 0.2) is 5.82 Å². The van der Waals surface area contributed by atoms with Gasteiger partial charge in [-0.2, -0.15) is 0 Å². The fourth-order valence-corrected chi connectivity index (χ4v) is 2.02. The molecule has 1 aliphatic carbocycles. The Bertz CT molecular complexity index is 346. The fraction of sp³-hybridized carbons (Fsp3) is 0.909. The molecule has 1 aliphatic rings. The summed E-state index contributed by atoms with van der Waals surface area (Å²) in [5.41, 5.74) is 0.101. The van der Waals surface area contributed by atoms with Crippen LogP contribution >= 0.6 is 0 Å². The second kappa shape index (κ2) is 4.13. The molecule has 1 aromatic heterocycles. The van der Waals surface area contributed by atoms with Crippen molar-refractivity contribution in [3.8, 4) is 0 Å². The molecule has 16 heavy (non-hydrogen) atoms. The van der Waals surface area contributed by atoms with Gasteiger partial charge < -0.3 is 5.32 Å². The highest BCUT2D eigenvalue weighted by Crippen LogP contribution is 2.36. The van der Waals surface area contributed by atoms with Crippen LogP contribution in [0, 0.1) is 5.92 Å². The monoisotopic (exact) mass is 223 g/mol. The van der Waals surface area contributed by atoms with Gasteiger partial charge >= 0.3 is 0 Å². The Kier molecular flexibility index (Phi) is 2.97. The molecule has 0 saturated heterocycles. The van der Waals surface area contributed by atoms with Gasteiger partial charge in [0.2, 0.25) is 0 Å². The molecule has 0 radical (unpaired) electrons. The zero-order chi connectivity index (χ0) is 11.8. The van der Waals surface area contributed by atoms with E-state index in [1.807, 2.05) is 4.68 Å². The average Bonchev–Trinajstić information content (AvgIpc) is 2.56. The van der Waals surface area contributed by atoms with Crippen molar-refractivity contribution in [3.05, 3.63) is 5.82 Å². The van der Waals surface area contributed by atoms with E-state index in [0.29, 0.717) is 6.04 Å². The Hall–Kier alpha value is -0.970. The van der Waals surface area contributed by atoms with Gasteiger partial charge in [-0.25, -0.2) is 4.68 Å². The minimum atomic E-state index is 0.101. The van der Waals surface area contributed by atoms with Crippen LogP contribution < -0.4 is 5.32 Å². The quantitative estimate of drug-likeness (QED) is 0.844. The van der Waals surface area contributed by atoms with Gasteiger partial charge in [-0.1, -0.05) is 6.92 Å². The highest BCUT2D eigenvalue weighted by atomic mass is 15.6. The van der Waals surface area contributed by atoms with Gasteiger partial charge in [0.25, 0.3) is 0 Å². The number of nitrogens with one attached hydrogen (secondary N) is 1. The molecule has 5 nitrogen and oxygen atoms in total. The lowest BCUT2D eigenvalue weighted by Gasteiger charge is -2.33. The van der Waals surface area contributed by atoms with Crippen LogP contribution in [0.2, 0.25) is 0 Å². The first-order valence-corrected chi connectivity index (χ1v) is 5.97. The summed E-state index contributed by atoms with van der Waals surface area (Å²) in [6, 6.07) is 0.516. The van der Waals surface area contributed by atoms with E-state index in [9.17, 15) is 0 Å². The molecule has 1 saturated carbocycles. The third-order valence-electron chi connectivity index (χ3n) is 3.03. The fourth-order valence-electron chi connectivity index (χ4n) is 2.02. The number of nitrogens with zero attached hydrogens (tertiary/aromatic N) is 4. The van der Waals surface area contributed by atoms with Crippen molar-refractivity contribution in [2.45, 2.75) is 58.7 Å². The van der Waals surface area contributed by atoms with Crippen LogP contribution in [0.4, 0.5) is 0 Å². The summed E-state index contributed by atoms with van der Waals surface area (Å²) in [5, 5.41) is 15.4. The maximum atomic E-state index is 4.09. The molecule has 5 heteroatoms. The van der Waals surface area contributed by atoms with E-state index >= 15 is 0 Å². The smallest absolute Gasteiger partial charge is 0.165 e. The number of hydrogen-bond donors (Lipinski definition) is 1. The first-order valence-electron chi connectivity index (χ1n) is 5.97. The Morgan fingerprint density at radius 2 is 2.06 bits per heavy atom. The van der Waals surface area contributed by atoms with Gasteiger partial charge in [0.1, 0.15) is 0 Å². The summed E-state index contributed by atoms with van der Waals surface area (Å²) in [6.07, 6.45) is 2.40. The normalized spacial score (nSPS) is 25.5. The number of aromatic nitrogens is 4. The second-order valence-electron chi connectivity index (χ2n) is 5.87. The molecular formula is C11H21N5. The predicted octanol–water partition coefficient (Wildman–Crippen LogP) is 1.53. The van der Waals surface area contributed by atoms with Gasteiger partial charge in [-0.05, 0) is 50.0 Å². The summed E-state index contributed by atoms with van der Waals surface area (Å²) < 4.78 is 1.98. The molecule has 0 atom stereocenters. The molecule has 0 spiro atoms. The Balaban J connectivity index is 1.97. The zero-order valence-corrected chi connectivity index (χ0v) is 10.6. The zero-order valence-electron chi connectivity index (χ0n) is 10.6.